The molecule has 0 unspecified atom stereocenters. The highest BCUT2D eigenvalue weighted by molar-refractivity contribution is 8.00. The van der Waals surface area contributed by atoms with Crippen LogP contribution in [-0.2, 0) is 9.59 Å². The minimum absolute atomic E-state index is 0.114. The number of anilines is 2. The van der Waals surface area contributed by atoms with Crippen molar-refractivity contribution in [2.24, 2.45) is 0 Å². The van der Waals surface area contributed by atoms with E-state index in [2.05, 4.69) is 16.0 Å². The van der Waals surface area contributed by atoms with E-state index in [0.29, 0.717) is 28.4 Å². The predicted molar refractivity (Wildman–Crippen MR) is 153 cm³/mol. The summed E-state index contributed by atoms with van der Waals surface area (Å²) in [5, 5.41) is 12.2. The second-order valence-electron chi connectivity index (χ2n) is 8.32. The normalized spacial score (nSPS) is 12.1. The highest BCUT2D eigenvalue weighted by atomic mass is 32.2. The lowest BCUT2D eigenvalue weighted by atomic mass is 10.2. The van der Waals surface area contributed by atoms with Gasteiger partial charge in [-0.2, -0.15) is 11.3 Å². The van der Waals surface area contributed by atoms with Gasteiger partial charge >= 0.3 is 0 Å². The van der Waals surface area contributed by atoms with E-state index in [1.807, 2.05) is 29.0 Å². The summed E-state index contributed by atoms with van der Waals surface area (Å²) in [4.78, 5) is 39.2. The molecule has 1 aliphatic heterocycles. The first kappa shape index (κ1) is 26.1. The van der Waals surface area contributed by atoms with E-state index >= 15 is 0 Å². The van der Waals surface area contributed by atoms with Crippen LogP contribution in [0.5, 0.6) is 11.5 Å². The summed E-state index contributed by atoms with van der Waals surface area (Å²) < 4.78 is 10.6. The van der Waals surface area contributed by atoms with Gasteiger partial charge in [-0.15, -0.1) is 11.8 Å². The van der Waals surface area contributed by atoms with Gasteiger partial charge in [-0.1, -0.05) is 24.3 Å². The number of thioether (sulfide) groups is 1. The Labute approximate surface area is 233 Å². The Bertz CT molecular complexity index is 1520. The number of nitrogens with one attached hydrogen (secondary N) is 3. The van der Waals surface area contributed by atoms with Gasteiger partial charge < -0.3 is 25.4 Å². The van der Waals surface area contributed by atoms with Crippen LogP contribution in [0.3, 0.4) is 0 Å². The maximum absolute atomic E-state index is 13.2. The molecule has 2 heterocycles. The van der Waals surface area contributed by atoms with Crippen molar-refractivity contribution in [3.8, 4) is 11.5 Å². The number of thiophene rings is 1. The molecule has 0 saturated heterocycles. The van der Waals surface area contributed by atoms with Crippen molar-refractivity contribution in [1.29, 1.82) is 0 Å². The number of hydrogen-bond donors (Lipinski definition) is 3. The maximum atomic E-state index is 13.2. The number of carbonyl (C=O) groups is 3. The Morgan fingerprint density at radius 1 is 0.872 bits per heavy atom. The molecule has 10 heteroatoms. The molecular formula is C29H23N3O5S2. The third-order valence-corrected chi connectivity index (χ3v) is 7.20. The molecule has 3 aromatic carbocycles. The second-order valence-corrected chi connectivity index (χ2v) is 10.2. The molecule has 1 aliphatic rings. The van der Waals surface area contributed by atoms with Crippen LogP contribution >= 0.6 is 23.1 Å². The fraction of sp³-hybridized carbons (Fsp3) is 0.0690. The lowest BCUT2D eigenvalue weighted by Gasteiger charge is -2.12. The highest BCUT2D eigenvalue weighted by Gasteiger charge is 2.16. The molecule has 0 atom stereocenters. The standard InChI is InChI=1S/C29H23N3O5S2/c33-27(30-22-9-10-25-26(15-22)37-18-36-25)17-39-23-8-4-7-21(14-23)31-29(35)24(13-19-11-12-38-16-19)32-28(34)20-5-2-1-3-6-20/h1-16H,17-18H2,(H,30,33)(H,31,35)(H,32,34)/b24-13-. The number of fused-ring (bicyclic) bond motifs is 1. The van der Waals surface area contributed by atoms with Gasteiger partial charge in [0.15, 0.2) is 11.5 Å². The van der Waals surface area contributed by atoms with Crippen LogP contribution in [0.1, 0.15) is 15.9 Å². The third kappa shape index (κ3) is 7.07. The molecule has 0 saturated carbocycles. The molecule has 3 amide bonds. The van der Waals surface area contributed by atoms with Crippen LogP contribution in [-0.4, -0.2) is 30.3 Å². The average molecular weight is 558 g/mol. The Kier molecular flexibility index (Phi) is 8.25. The fourth-order valence-corrected chi connectivity index (χ4v) is 5.02. The number of amides is 3. The van der Waals surface area contributed by atoms with Crippen LogP contribution in [0.15, 0.2) is 100 Å². The van der Waals surface area contributed by atoms with Crippen LogP contribution in [0, 0.1) is 0 Å². The molecule has 5 rings (SSSR count). The van der Waals surface area contributed by atoms with Gasteiger partial charge in [-0.3, -0.25) is 14.4 Å². The second kappa shape index (κ2) is 12.3. The predicted octanol–water partition coefficient (Wildman–Crippen LogP) is 5.62. The number of hydrogen-bond acceptors (Lipinski definition) is 7. The summed E-state index contributed by atoms with van der Waals surface area (Å²) >= 11 is 2.82. The zero-order valence-corrected chi connectivity index (χ0v) is 22.1. The molecule has 0 radical (unpaired) electrons. The summed E-state index contributed by atoms with van der Waals surface area (Å²) in [7, 11) is 0. The van der Waals surface area contributed by atoms with E-state index in [9.17, 15) is 14.4 Å². The molecule has 4 aromatic rings. The quantitative estimate of drug-likeness (QED) is 0.182. The maximum Gasteiger partial charge on any atom is 0.272 e. The molecule has 0 spiro atoms. The van der Waals surface area contributed by atoms with Gasteiger partial charge in [0.2, 0.25) is 12.7 Å². The van der Waals surface area contributed by atoms with Gasteiger partial charge in [0.05, 0.1) is 5.75 Å². The third-order valence-electron chi connectivity index (χ3n) is 5.50. The number of carbonyl (C=O) groups excluding carboxylic acids is 3. The first-order chi connectivity index (χ1) is 19.0. The van der Waals surface area contributed by atoms with Crippen LogP contribution in [0.4, 0.5) is 11.4 Å². The topological polar surface area (TPSA) is 106 Å². The largest absolute Gasteiger partial charge is 0.454 e. The summed E-state index contributed by atoms with van der Waals surface area (Å²) in [6.07, 6.45) is 1.63. The Morgan fingerprint density at radius 2 is 1.69 bits per heavy atom. The van der Waals surface area contributed by atoms with Crippen molar-refractivity contribution in [1.82, 2.24) is 5.32 Å². The first-order valence-corrected chi connectivity index (χ1v) is 13.8. The Morgan fingerprint density at radius 3 is 2.51 bits per heavy atom. The van der Waals surface area contributed by atoms with E-state index < -0.39 is 5.91 Å². The Balaban J connectivity index is 1.21. The van der Waals surface area contributed by atoms with Crippen molar-refractivity contribution in [3.05, 3.63) is 106 Å². The van der Waals surface area contributed by atoms with E-state index in [0.717, 1.165) is 10.5 Å². The summed E-state index contributed by atoms with van der Waals surface area (Å²) in [5.41, 5.74) is 2.51. The molecule has 196 valence electrons. The summed E-state index contributed by atoms with van der Waals surface area (Å²) in [6.45, 7) is 0.167. The van der Waals surface area contributed by atoms with Crippen LogP contribution in [0.25, 0.3) is 6.08 Å². The molecule has 1 aromatic heterocycles. The minimum atomic E-state index is -0.465. The number of benzene rings is 3. The molecule has 3 N–H and O–H groups in total. The van der Waals surface area contributed by atoms with Gasteiger partial charge in [0, 0.05) is 27.9 Å². The van der Waals surface area contributed by atoms with Crippen molar-refractivity contribution in [2.75, 3.05) is 23.2 Å². The minimum Gasteiger partial charge on any atom is -0.454 e. The average Bonchev–Trinajstić information content (AvgIpc) is 3.64. The molecule has 0 bridgehead atoms. The van der Waals surface area contributed by atoms with Gasteiger partial charge in [-0.25, -0.2) is 0 Å². The van der Waals surface area contributed by atoms with Gasteiger partial charge in [0.1, 0.15) is 5.70 Å². The molecule has 0 aliphatic carbocycles. The highest BCUT2D eigenvalue weighted by Crippen LogP contribution is 2.34. The summed E-state index contributed by atoms with van der Waals surface area (Å²) in [6, 6.07) is 22.9. The molecule has 0 fully saturated rings. The SMILES string of the molecule is O=C(CSc1cccc(NC(=O)/C(=C/c2ccsc2)NC(=O)c2ccccc2)c1)Nc1ccc2c(c1)OCO2. The zero-order valence-electron chi connectivity index (χ0n) is 20.5. The van der Waals surface area contributed by atoms with E-state index in [1.165, 1.54) is 23.1 Å². The van der Waals surface area contributed by atoms with E-state index in [-0.39, 0.29) is 30.1 Å². The molecule has 8 nitrogen and oxygen atoms in total. The zero-order chi connectivity index (χ0) is 27.0. The molecular weight excluding hydrogens is 534 g/mol. The smallest absolute Gasteiger partial charge is 0.272 e. The van der Waals surface area contributed by atoms with Gasteiger partial charge in [0.25, 0.3) is 11.8 Å². The fourth-order valence-electron chi connectivity index (χ4n) is 3.65. The van der Waals surface area contributed by atoms with Crippen molar-refractivity contribution in [2.45, 2.75) is 4.90 Å². The van der Waals surface area contributed by atoms with Crippen LogP contribution < -0.4 is 25.4 Å². The van der Waals surface area contributed by atoms with E-state index in [4.69, 9.17) is 9.47 Å². The lowest BCUT2D eigenvalue weighted by molar-refractivity contribution is -0.114. The first-order valence-electron chi connectivity index (χ1n) is 11.9. The van der Waals surface area contributed by atoms with Crippen molar-refractivity contribution >= 4 is 58.3 Å². The van der Waals surface area contributed by atoms with E-state index in [1.54, 1.807) is 66.7 Å². The summed E-state index contributed by atoms with van der Waals surface area (Å²) in [5.74, 6) is 0.379. The molecule has 39 heavy (non-hydrogen) atoms. The Hall–Kier alpha value is -4.54. The monoisotopic (exact) mass is 557 g/mol. The lowest BCUT2D eigenvalue weighted by Crippen LogP contribution is -2.30. The van der Waals surface area contributed by atoms with Crippen molar-refractivity contribution < 1.29 is 23.9 Å². The number of rotatable bonds is 9. The van der Waals surface area contributed by atoms with Gasteiger partial charge in [-0.05, 0) is 70.9 Å². The van der Waals surface area contributed by atoms with Crippen molar-refractivity contribution in [3.63, 3.8) is 0 Å². The van der Waals surface area contributed by atoms with Crippen LogP contribution in [0.2, 0.25) is 0 Å². The number of ether oxygens (including phenoxy) is 2.